The summed E-state index contributed by atoms with van der Waals surface area (Å²) in [5, 5.41) is 11.9. The third kappa shape index (κ3) is 2.29. The summed E-state index contributed by atoms with van der Waals surface area (Å²) in [6.45, 7) is 5.04. The highest BCUT2D eigenvalue weighted by molar-refractivity contribution is 7.17. The van der Waals surface area contributed by atoms with Crippen molar-refractivity contribution in [3.63, 3.8) is 0 Å². The summed E-state index contributed by atoms with van der Waals surface area (Å²) >= 11 is 1.50. The van der Waals surface area contributed by atoms with Crippen LogP contribution in [0, 0.1) is 6.92 Å². The largest absolute Gasteiger partial charge is 0.480 e. The Hall–Kier alpha value is -1.88. The van der Waals surface area contributed by atoms with Gasteiger partial charge < -0.3 is 10.0 Å². The average molecular weight is 291 g/mol. The molecule has 0 bridgehead atoms. The number of carboxylic acids is 1. The maximum Gasteiger partial charge on any atom is 0.329 e. The van der Waals surface area contributed by atoms with Gasteiger partial charge in [0.15, 0.2) is 0 Å². The first-order chi connectivity index (χ1) is 9.25. The van der Waals surface area contributed by atoms with Gasteiger partial charge in [0.1, 0.15) is 5.54 Å². The molecule has 0 spiro atoms. The van der Waals surface area contributed by atoms with Crippen LogP contribution >= 0.6 is 11.3 Å². The van der Waals surface area contributed by atoms with Crippen LogP contribution in [-0.4, -0.2) is 34.5 Å². The van der Waals surface area contributed by atoms with Crippen LogP contribution in [0.3, 0.4) is 0 Å². The lowest BCUT2D eigenvalue weighted by molar-refractivity contribution is -0.147. The number of likely N-dealkylation sites (N-methyl/N-ethyl adjacent to an activating group) is 1. The van der Waals surface area contributed by atoms with Crippen molar-refractivity contribution >= 4 is 33.3 Å². The molecular formula is C15H17NO3S. The van der Waals surface area contributed by atoms with Crippen LogP contribution in [0.25, 0.3) is 10.1 Å². The Labute approximate surface area is 121 Å². The number of aryl methyl sites for hydroxylation is 1. The SMILES string of the molecule is Cc1ccc2c(C(=O)N(C)C(C)(C)C(=O)O)csc2c1. The standard InChI is InChI=1S/C15H17NO3S/c1-9-5-6-10-11(8-20-12(10)7-9)13(17)16(4)15(2,3)14(18)19/h5-8H,1-4H3,(H,18,19). The van der Waals surface area contributed by atoms with Crippen molar-refractivity contribution in [1.29, 1.82) is 0 Å². The highest BCUT2D eigenvalue weighted by atomic mass is 32.1. The molecule has 1 heterocycles. The molecule has 1 aromatic carbocycles. The molecule has 5 heteroatoms. The summed E-state index contributed by atoms with van der Waals surface area (Å²) in [6, 6.07) is 5.89. The molecule has 1 aromatic heterocycles. The number of rotatable bonds is 3. The molecule has 0 atom stereocenters. The van der Waals surface area contributed by atoms with Crippen molar-refractivity contribution < 1.29 is 14.7 Å². The number of nitrogens with zero attached hydrogens (tertiary/aromatic N) is 1. The third-order valence-corrected chi connectivity index (χ3v) is 4.57. The Bertz CT molecular complexity index is 687. The van der Waals surface area contributed by atoms with Crippen molar-refractivity contribution in [2.45, 2.75) is 26.3 Å². The Morgan fingerprint density at radius 3 is 2.55 bits per heavy atom. The molecule has 20 heavy (non-hydrogen) atoms. The maximum atomic E-state index is 12.5. The molecule has 1 N–H and O–H groups in total. The fourth-order valence-electron chi connectivity index (χ4n) is 1.88. The average Bonchev–Trinajstić information content (AvgIpc) is 2.79. The second-order valence-electron chi connectivity index (χ2n) is 5.38. The lowest BCUT2D eigenvalue weighted by Gasteiger charge is -2.31. The summed E-state index contributed by atoms with van der Waals surface area (Å²) in [4.78, 5) is 25.1. The Kier molecular flexibility index (Phi) is 3.56. The highest BCUT2D eigenvalue weighted by Crippen LogP contribution is 2.29. The van der Waals surface area contributed by atoms with Crippen molar-refractivity contribution in [2.75, 3.05) is 7.05 Å². The predicted molar refractivity (Wildman–Crippen MR) is 80.4 cm³/mol. The number of benzene rings is 1. The molecule has 1 amide bonds. The third-order valence-electron chi connectivity index (χ3n) is 3.63. The Balaban J connectivity index is 2.44. The van der Waals surface area contributed by atoms with Crippen LogP contribution < -0.4 is 0 Å². The quantitative estimate of drug-likeness (QED) is 0.945. The zero-order valence-corrected chi connectivity index (χ0v) is 12.7. The minimum absolute atomic E-state index is 0.271. The number of carbonyl (C=O) groups is 2. The Morgan fingerprint density at radius 2 is 1.95 bits per heavy atom. The van der Waals surface area contributed by atoms with Crippen molar-refractivity contribution in [3.8, 4) is 0 Å². The van der Waals surface area contributed by atoms with Crippen molar-refractivity contribution in [1.82, 2.24) is 4.90 Å². The molecule has 0 aliphatic heterocycles. The van der Waals surface area contributed by atoms with Gasteiger partial charge in [0.25, 0.3) is 5.91 Å². The van der Waals surface area contributed by atoms with Gasteiger partial charge >= 0.3 is 5.97 Å². The van der Waals surface area contributed by atoms with Crippen LogP contribution in [0.2, 0.25) is 0 Å². The first kappa shape index (κ1) is 14.5. The molecule has 2 rings (SSSR count). The molecule has 0 unspecified atom stereocenters. The lowest BCUT2D eigenvalue weighted by atomic mass is 10.0. The minimum Gasteiger partial charge on any atom is -0.480 e. The fraction of sp³-hybridized carbons (Fsp3) is 0.333. The second-order valence-corrected chi connectivity index (χ2v) is 6.29. The van der Waals surface area contributed by atoms with Crippen LogP contribution in [0.5, 0.6) is 0 Å². The second kappa shape index (κ2) is 4.90. The molecule has 0 saturated carbocycles. The zero-order valence-electron chi connectivity index (χ0n) is 11.9. The maximum absolute atomic E-state index is 12.5. The van der Waals surface area contributed by atoms with E-state index in [4.69, 9.17) is 0 Å². The molecule has 4 nitrogen and oxygen atoms in total. The van der Waals surface area contributed by atoms with E-state index in [1.165, 1.54) is 37.1 Å². The van der Waals surface area contributed by atoms with E-state index in [0.717, 1.165) is 15.6 Å². The van der Waals surface area contributed by atoms with Gasteiger partial charge in [-0.2, -0.15) is 0 Å². The summed E-state index contributed by atoms with van der Waals surface area (Å²) in [5.41, 5.74) is 0.454. The number of hydrogen-bond donors (Lipinski definition) is 1. The first-order valence-corrected chi connectivity index (χ1v) is 7.12. The molecule has 2 aromatic rings. The van der Waals surface area contributed by atoms with E-state index in [-0.39, 0.29) is 5.91 Å². The highest BCUT2D eigenvalue weighted by Gasteiger charge is 2.36. The van der Waals surface area contributed by atoms with Crippen LogP contribution in [0.1, 0.15) is 29.8 Å². The van der Waals surface area contributed by atoms with Gasteiger partial charge in [-0.25, -0.2) is 4.79 Å². The van der Waals surface area contributed by atoms with Crippen LogP contribution in [0.15, 0.2) is 23.6 Å². The number of amides is 1. The van der Waals surface area contributed by atoms with E-state index in [9.17, 15) is 14.7 Å². The van der Waals surface area contributed by atoms with Gasteiger partial charge in [-0.3, -0.25) is 4.79 Å². The number of thiophene rings is 1. The van der Waals surface area contributed by atoms with Gasteiger partial charge in [-0.1, -0.05) is 12.1 Å². The van der Waals surface area contributed by atoms with Gasteiger partial charge in [0.2, 0.25) is 0 Å². The molecule has 0 radical (unpaired) electrons. The molecule has 106 valence electrons. The van der Waals surface area contributed by atoms with E-state index < -0.39 is 11.5 Å². The van der Waals surface area contributed by atoms with Crippen LogP contribution in [0.4, 0.5) is 0 Å². The summed E-state index contributed by atoms with van der Waals surface area (Å²) in [5.74, 6) is -1.30. The van der Waals surface area contributed by atoms with Crippen molar-refractivity contribution in [3.05, 3.63) is 34.7 Å². The van der Waals surface area contributed by atoms with Gasteiger partial charge in [0, 0.05) is 22.5 Å². The van der Waals surface area contributed by atoms with Crippen molar-refractivity contribution in [2.24, 2.45) is 0 Å². The van der Waals surface area contributed by atoms with E-state index in [1.807, 2.05) is 25.1 Å². The van der Waals surface area contributed by atoms with Crippen LogP contribution in [-0.2, 0) is 4.79 Å². The number of hydrogen-bond acceptors (Lipinski definition) is 3. The van der Waals surface area contributed by atoms with Gasteiger partial charge in [-0.05, 0) is 32.4 Å². The number of fused-ring (bicyclic) bond motifs is 1. The number of carboxylic acid groups (broad SMARTS) is 1. The lowest BCUT2D eigenvalue weighted by Crippen LogP contribution is -2.50. The molecule has 0 aliphatic rings. The molecule has 0 aliphatic carbocycles. The Morgan fingerprint density at radius 1 is 1.30 bits per heavy atom. The predicted octanol–water partition coefficient (Wildman–Crippen LogP) is 3.14. The zero-order chi connectivity index (χ0) is 15.1. The summed E-state index contributed by atoms with van der Waals surface area (Å²) in [7, 11) is 1.52. The minimum atomic E-state index is -1.24. The number of aliphatic carboxylic acids is 1. The van der Waals surface area contributed by atoms with Gasteiger partial charge in [0.05, 0.1) is 5.56 Å². The normalized spacial score (nSPS) is 11.6. The first-order valence-electron chi connectivity index (χ1n) is 6.24. The molecular weight excluding hydrogens is 274 g/mol. The summed E-state index contributed by atoms with van der Waals surface area (Å²) in [6.07, 6.45) is 0. The van der Waals surface area contributed by atoms with E-state index in [0.29, 0.717) is 5.56 Å². The van der Waals surface area contributed by atoms with E-state index in [2.05, 4.69) is 0 Å². The fourth-order valence-corrected chi connectivity index (χ4v) is 2.91. The topological polar surface area (TPSA) is 57.6 Å². The smallest absolute Gasteiger partial charge is 0.329 e. The van der Waals surface area contributed by atoms with E-state index in [1.54, 1.807) is 5.38 Å². The monoisotopic (exact) mass is 291 g/mol. The van der Waals surface area contributed by atoms with Gasteiger partial charge in [-0.15, -0.1) is 11.3 Å². The molecule has 0 fully saturated rings. The summed E-state index contributed by atoms with van der Waals surface area (Å²) < 4.78 is 1.04. The van der Waals surface area contributed by atoms with E-state index >= 15 is 0 Å². The number of carbonyl (C=O) groups excluding carboxylic acids is 1. The molecule has 0 saturated heterocycles.